The van der Waals surface area contributed by atoms with Crippen LogP contribution in [0, 0.1) is 6.92 Å². The fourth-order valence-electron chi connectivity index (χ4n) is 2.50. The minimum atomic E-state index is -0.124. The van der Waals surface area contributed by atoms with Crippen molar-refractivity contribution in [2.24, 2.45) is 0 Å². The van der Waals surface area contributed by atoms with Crippen LogP contribution in [0.1, 0.15) is 27.5 Å². The van der Waals surface area contributed by atoms with Gasteiger partial charge in [0.1, 0.15) is 5.75 Å². The third-order valence-corrected chi connectivity index (χ3v) is 3.89. The highest BCUT2D eigenvalue weighted by atomic mass is 16.5. The third kappa shape index (κ3) is 4.33. The number of methoxy groups -OCH3 is 1. The molecule has 4 nitrogen and oxygen atoms in total. The number of hydrogen-bond acceptors (Lipinski definition) is 3. The van der Waals surface area contributed by atoms with E-state index in [0.717, 1.165) is 0 Å². The van der Waals surface area contributed by atoms with Crippen LogP contribution in [0.15, 0.2) is 48.5 Å². The van der Waals surface area contributed by atoms with Gasteiger partial charge in [-0.25, -0.2) is 0 Å². The van der Waals surface area contributed by atoms with Crippen molar-refractivity contribution >= 4 is 5.91 Å². The number of nitrogens with zero attached hydrogens (tertiary/aromatic N) is 1. The molecule has 0 spiro atoms. The van der Waals surface area contributed by atoms with Gasteiger partial charge in [0.15, 0.2) is 0 Å². The van der Waals surface area contributed by atoms with Crippen LogP contribution >= 0.6 is 0 Å². The highest BCUT2D eigenvalue weighted by molar-refractivity contribution is 5.96. The van der Waals surface area contributed by atoms with Crippen LogP contribution in [0.4, 0.5) is 0 Å². The molecule has 0 bridgehead atoms. The van der Waals surface area contributed by atoms with Crippen molar-refractivity contribution in [1.29, 1.82) is 0 Å². The van der Waals surface area contributed by atoms with E-state index in [-0.39, 0.29) is 11.9 Å². The number of carbonyl (C=O) groups is 1. The van der Waals surface area contributed by atoms with Crippen molar-refractivity contribution in [2.75, 3.05) is 27.7 Å². The molecular weight excluding hydrogens is 288 g/mol. The lowest BCUT2D eigenvalue weighted by Crippen LogP contribution is -2.34. The summed E-state index contributed by atoms with van der Waals surface area (Å²) in [5.41, 5.74) is 2.96. The molecule has 1 atom stereocenters. The predicted molar refractivity (Wildman–Crippen MR) is 92.9 cm³/mol. The van der Waals surface area contributed by atoms with Gasteiger partial charge >= 0.3 is 0 Å². The highest BCUT2D eigenvalue weighted by Gasteiger charge is 2.17. The summed E-state index contributed by atoms with van der Waals surface area (Å²) < 4.78 is 5.25. The van der Waals surface area contributed by atoms with Gasteiger partial charge in [-0.05, 0) is 38.7 Å². The third-order valence-electron chi connectivity index (χ3n) is 3.89. The average Bonchev–Trinajstić information content (AvgIpc) is 2.56. The molecule has 0 aromatic heterocycles. The first kappa shape index (κ1) is 17.0. The normalized spacial score (nSPS) is 12.0. The van der Waals surface area contributed by atoms with Gasteiger partial charge in [0, 0.05) is 6.54 Å². The zero-order valence-electron chi connectivity index (χ0n) is 14.2. The largest absolute Gasteiger partial charge is 0.496 e. The molecule has 122 valence electrons. The first-order valence-electron chi connectivity index (χ1n) is 7.67. The van der Waals surface area contributed by atoms with E-state index >= 15 is 0 Å². The molecule has 0 saturated heterocycles. The molecule has 1 N–H and O–H groups in total. The van der Waals surface area contributed by atoms with Crippen LogP contribution in [0.5, 0.6) is 5.75 Å². The van der Waals surface area contributed by atoms with E-state index in [0.29, 0.717) is 17.9 Å². The maximum absolute atomic E-state index is 12.4. The van der Waals surface area contributed by atoms with Crippen molar-refractivity contribution in [3.63, 3.8) is 0 Å². The molecule has 2 rings (SSSR count). The van der Waals surface area contributed by atoms with Crippen LogP contribution < -0.4 is 10.1 Å². The molecule has 1 amide bonds. The minimum absolute atomic E-state index is 0.120. The molecule has 23 heavy (non-hydrogen) atoms. The summed E-state index contributed by atoms with van der Waals surface area (Å²) in [6, 6.07) is 15.8. The molecule has 0 aliphatic carbocycles. The number of aryl methyl sites for hydroxylation is 1. The smallest absolute Gasteiger partial charge is 0.255 e. The summed E-state index contributed by atoms with van der Waals surface area (Å²) in [7, 11) is 5.60. The second-order valence-electron chi connectivity index (χ2n) is 5.80. The molecule has 1 unspecified atom stereocenters. The maximum atomic E-state index is 12.4. The Morgan fingerprint density at radius 1 is 1.13 bits per heavy atom. The van der Waals surface area contributed by atoms with Crippen LogP contribution in [-0.4, -0.2) is 38.6 Å². The number of hydrogen-bond donors (Lipinski definition) is 1. The molecule has 0 fully saturated rings. The number of nitrogens with one attached hydrogen (secondary N) is 1. The topological polar surface area (TPSA) is 41.6 Å². The molecule has 0 saturated carbocycles. The monoisotopic (exact) mass is 312 g/mol. The van der Waals surface area contributed by atoms with Crippen LogP contribution in [0.2, 0.25) is 0 Å². The summed E-state index contributed by atoms with van der Waals surface area (Å²) in [4.78, 5) is 14.5. The first-order chi connectivity index (χ1) is 11.0. The van der Waals surface area contributed by atoms with Crippen molar-refractivity contribution in [1.82, 2.24) is 10.2 Å². The Hall–Kier alpha value is -2.33. The van der Waals surface area contributed by atoms with Crippen LogP contribution in [-0.2, 0) is 0 Å². The molecule has 0 aliphatic rings. The molecule has 0 radical (unpaired) electrons. The fraction of sp³-hybridized carbons (Fsp3) is 0.316. The summed E-state index contributed by atoms with van der Waals surface area (Å²) in [6.45, 7) is 2.60. The second kappa shape index (κ2) is 7.79. The van der Waals surface area contributed by atoms with Gasteiger partial charge in [-0.2, -0.15) is 0 Å². The van der Waals surface area contributed by atoms with Gasteiger partial charge < -0.3 is 15.0 Å². The van der Waals surface area contributed by atoms with Crippen LogP contribution in [0.3, 0.4) is 0 Å². The van der Waals surface area contributed by atoms with E-state index in [2.05, 4.69) is 41.4 Å². The fourth-order valence-corrected chi connectivity index (χ4v) is 2.50. The van der Waals surface area contributed by atoms with E-state index in [1.165, 1.54) is 11.1 Å². The SMILES string of the molecule is COc1ccccc1C(=O)NCC(c1ccc(C)cc1)N(C)C. The lowest BCUT2D eigenvalue weighted by atomic mass is 10.0. The summed E-state index contributed by atoms with van der Waals surface area (Å²) in [5.74, 6) is 0.461. The van der Waals surface area contributed by atoms with E-state index in [1.807, 2.05) is 26.2 Å². The van der Waals surface area contributed by atoms with Gasteiger partial charge in [-0.1, -0.05) is 42.0 Å². The molecule has 4 heteroatoms. The number of ether oxygens (including phenoxy) is 1. The highest BCUT2D eigenvalue weighted by Crippen LogP contribution is 2.20. The summed E-state index contributed by atoms with van der Waals surface area (Å²) >= 11 is 0. The zero-order valence-corrected chi connectivity index (χ0v) is 14.2. The molecular formula is C19H24N2O2. The standard InChI is InChI=1S/C19H24N2O2/c1-14-9-11-15(12-10-14)17(21(2)3)13-20-19(22)16-7-5-6-8-18(16)23-4/h5-12,17H,13H2,1-4H3,(H,20,22). The first-order valence-corrected chi connectivity index (χ1v) is 7.67. The Morgan fingerprint density at radius 2 is 1.78 bits per heavy atom. The quantitative estimate of drug-likeness (QED) is 0.891. The van der Waals surface area contributed by atoms with E-state index < -0.39 is 0 Å². The van der Waals surface area contributed by atoms with Gasteiger partial charge in [0.2, 0.25) is 0 Å². The lowest BCUT2D eigenvalue weighted by Gasteiger charge is -2.25. The van der Waals surface area contributed by atoms with Gasteiger partial charge in [0.25, 0.3) is 5.91 Å². The van der Waals surface area contributed by atoms with Gasteiger partial charge in [-0.15, -0.1) is 0 Å². The van der Waals surface area contributed by atoms with Gasteiger partial charge in [-0.3, -0.25) is 4.79 Å². The molecule has 2 aromatic rings. The number of rotatable bonds is 6. The Labute approximate surface area is 138 Å². The maximum Gasteiger partial charge on any atom is 0.255 e. The van der Waals surface area contributed by atoms with Crippen LogP contribution in [0.25, 0.3) is 0 Å². The van der Waals surface area contributed by atoms with Crippen molar-refractivity contribution in [3.8, 4) is 5.75 Å². The van der Waals surface area contributed by atoms with Crippen molar-refractivity contribution < 1.29 is 9.53 Å². The predicted octanol–water partition coefficient (Wildman–Crippen LogP) is 3.04. The van der Waals surface area contributed by atoms with Crippen molar-refractivity contribution in [2.45, 2.75) is 13.0 Å². The van der Waals surface area contributed by atoms with E-state index in [4.69, 9.17) is 4.74 Å². The van der Waals surface area contributed by atoms with E-state index in [9.17, 15) is 4.79 Å². The minimum Gasteiger partial charge on any atom is -0.496 e. The Morgan fingerprint density at radius 3 is 2.39 bits per heavy atom. The Kier molecular flexibility index (Phi) is 5.77. The summed E-state index contributed by atoms with van der Waals surface area (Å²) in [5, 5.41) is 3.01. The zero-order chi connectivity index (χ0) is 16.8. The van der Waals surface area contributed by atoms with E-state index in [1.54, 1.807) is 19.2 Å². The Bertz CT molecular complexity index is 651. The lowest BCUT2D eigenvalue weighted by molar-refractivity contribution is 0.0939. The summed E-state index contributed by atoms with van der Waals surface area (Å²) in [6.07, 6.45) is 0. The number of carbonyl (C=O) groups excluding carboxylic acids is 1. The number of benzene rings is 2. The average molecular weight is 312 g/mol. The van der Waals surface area contributed by atoms with Gasteiger partial charge in [0.05, 0.1) is 18.7 Å². The number of para-hydroxylation sites is 1. The molecule has 0 aliphatic heterocycles. The molecule has 0 heterocycles. The number of amides is 1. The second-order valence-corrected chi connectivity index (χ2v) is 5.80. The number of likely N-dealkylation sites (N-methyl/N-ethyl adjacent to an activating group) is 1. The molecule has 2 aromatic carbocycles. The van der Waals surface area contributed by atoms with Crippen molar-refractivity contribution in [3.05, 3.63) is 65.2 Å². The Balaban J connectivity index is 2.09.